The molecule has 0 saturated carbocycles. The van der Waals surface area contributed by atoms with Crippen molar-refractivity contribution in [1.82, 2.24) is 9.80 Å². The van der Waals surface area contributed by atoms with Crippen LogP contribution in [0.25, 0.3) is 0 Å². The van der Waals surface area contributed by atoms with Gasteiger partial charge in [0.2, 0.25) is 0 Å². The van der Waals surface area contributed by atoms with Crippen LogP contribution in [0.5, 0.6) is 0 Å². The number of carbonyl (C=O) groups is 2. The topological polar surface area (TPSA) is 60.9 Å². The third-order valence-electron chi connectivity index (χ3n) is 5.29. The van der Waals surface area contributed by atoms with Gasteiger partial charge in [0.25, 0.3) is 0 Å². The average Bonchev–Trinajstić information content (AvgIpc) is 2.78. The number of carboxylic acids is 1. The average molecular weight is 296 g/mol. The molecule has 2 rings (SSSR count). The molecule has 5 heteroatoms. The fraction of sp³-hybridized carbons (Fsp3) is 0.875. The number of piperidine rings is 1. The Labute approximate surface area is 127 Å². The second kappa shape index (κ2) is 6.24. The van der Waals surface area contributed by atoms with Crippen molar-refractivity contribution < 1.29 is 14.7 Å². The maximum Gasteiger partial charge on any atom is 0.320 e. The minimum atomic E-state index is -0.745. The molecule has 0 aromatic rings. The Balaban J connectivity index is 2.06. The smallest absolute Gasteiger partial charge is 0.320 e. The van der Waals surface area contributed by atoms with E-state index in [9.17, 15) is 14.7 Å². The molecule has 2 saturated heterocycles. The van der Waals surface area contributed by atoms with Gasteiger partial charge in [-0.05, 0) is 31.1 Å². The molecule has 21 heavy (non-hydrogen) atoms. The van der Waals surface area contributed by atoms with Crippen molar-refractivity contribution in [3.8, 4) is 0 Å². The number of urea groups is 1. The van der Waals surface area contributed by atoms with Crippen molar-refractivity contribution >= 4 is 12.0 Å². The summed E-state index contributed by atoms with van der Waals surface area (Å²) in [6.07, 6.45) is 2.97. The van der Waals surface area contributed by atoms with Crippen LogP contribution in [-0.4, -0.2) is 53.1 Å². The highest BCUT2D eigenvalue weighted by atomic mass is 16.4. The molecule has 0 aromatic heterocycles. The van der Waals surface area contributed by atoms with Gasteiger partial charge in [-0.2, -0.15) is 0 Å². The molecule has 0 radical (unpaired) electrons. The molecule has 3 unspecified atom stereocenters. The fourth-order valence-electron chi connectivity index (χ4n) is 3.75. The molecule has 5 nitrogen and oxygen atoms in total. The quantitative estimate of drug-likeness (QED) is 0.871. The predicted octanol–water partition coefficient (Wildman–Crippen LogP) is 2.66. The first-order valence-electron chi connectivity index (χ1n) is 8.17. The van der Waals surface area contributed by atoms with E-state index >= 15 is 0 Å². The first kappa shape index (κ1) is 16.1. The molecule has 2 heterocycles. The zero-order chi connectivity index (χ0) is 15.6. The van der Waals surface area contributed by atoms with E-state index in [1.807, 2.05) is 11.8 Å². The number of carboxylic acid groups (broad SMARTS) is 1. The SMILES string of the molecule is CCCC1(C(=O)O)CCCN(C(=O)N2CC(C)C(C)C2)C1. The third-order valence-corrected chi connectivity index (χ3v) is 5.29. The first-order valence-corrected chi connectivity index (χ1v) is 8.17. The Morgan fingerprint density at radius 3 is 2.33 bits per heavy atom. The maximum atomic E-state index is 12.7. The van der Waals surface area contributed by atoms with Crippen molar-refractivity contribution in [2.45, 2.75) is 46.5 Å². The number of rotatable bonds is 3. The van der Waals surface area contributed by atoms with Crippen LogP contribution in [0.15, 0.2) is 0 Å². The summed E-state index contributed by atoms with van der Waals surface area (Å²) in [5, 5.41) is 9.62. The lowest BCUT2D eigenvalue weighted by molar-refractivity contribution is -0.152. The van der Waals surface area contributed by atoms with Crippen molar-refractivity contribution in [1.29, 1.82) is 0 Å². The second-order valence-corrected chi connectivity index (χ2v) is 7.00. The fourth-order valence-corrected chi connectivity index (χ4v) is 3.75. The summed E-state index contributed by atoms with van der Waals surface area (Å²) in [6.45, 7) is 9.01. The van der Waals surface area contributed by atoms with E-state index in [0.29, 0.717) is 37.8 Å². The largest absolute Gasteiger partial charge is 0.481 e. The lowest BCUT2D eigenvalue weighted by Crippen LogP contribution is -2.53. The maximum absolute atomic E-state index is 12.7. The highest BCUT2D eigenvalue weighted by Crippen LogP contribution is 2.36. The number of likely N-dealkylation sites (tertiary alicyclic amines) is 2. The molecule has 0 spiro atoms. The van der Waals surface area contributed by atoms with Crippen molar-refractivity contribution in [3.05, 3.63) is 0 Å². The van der Waals surface area contributed by atoms with E-state index in [4.69, 9.17) is 0 Å². The molecule has 120 valence electrons. The summed E-state index contributed by atoms with van der Waals surface area (Å²) >= 11 is 0. The molecular formula is C16H28N2O3. The molecule has 2 amide bonds. The van der Waals surface area contributed by atoms with Crippen molar-refractivity contribution in [2.75, 3.05) is 26.2 Å². The van der Waals surface area contributed by atoms with E-state index in [2.05, 4.69) is 13.8 Å². The predicted molar refractivity (Wildman–Crippen MR) is 81.1 cm³/mol. The first-order chi connectivity index (χ1) is 9.89. The molecule has 3 atom stereocenters. The van der Waals surface area contributed by atoms with Gasteiger partial charge in [-0.3, -0.25) is 4.79 Å². The lowest BCUT2D eigenvalue weighted by Gasteiger charge is -2.41. The Morgan fingerprint density at radius 2 is 1.81 bits per heavy atom. The number of hydrogen-bond donors (Lipinski definition) is 1. The van der Waals surface area contributed by atoms with Crippen LogP contribution in [0.2, 0.25) is 0 Å². The van der Waals surface area contributed by atoms with E-state index in [1.165, 1.54) is 0 Å². The lowest BCUT2D eigenvalue weighted by atomic mass is 9.76. The Bertz CT molecular complexity index is 398. The number of amides is 2. The van der Waals surface area contributed by atoms with Gasteiger partial charge >= 0.3 is 12.0 Å². The summed E-state index contributed by atoms with van der Waals surface area (Å²) in [7, 11) is 0. The molecule has 0 aliphatic carbocycles. The number of aliphatic carboxylic acids is 1. The Hall–Kier alpha value is -1.26. The highest BCUT2D eigenvalue weighted by Gasteiger charge is 2.44. The van der Waals surface area contributed by atoms with Gasteiger partial charge in [-0.1, -0.05) is 27.2 Å². The zero-order valence-electron chi connectivity index (χ0n) is 13.5. The monoisotopic (exact) mass is 296 g/mol. The minimum absolute atomic E-state index is 0.0348. The molecule has 2 aliphatic rings. The van der Waals surface area contributed by atoms with Crippen LogP contribution < -0.4 is 0 Å². The van der Waals surface area contributed by atoms with Crippen LogP contribution in [0.3, 0.4) is 0 Å². The van der Waals surface area contributed by atoms with Crippen molar-refractivity contribution in [2.24, 2.45) is 17.3 Å². The zero-order valence-corrected chi connectivity index (χ0v) is 13.5. The van der Waals surface area contributed by atoms with Gasteiger partial charge in [-0.25, -0.2) is 4.79 Å². The standard InChI is InChI=1S/C16H28N2O3/c1-4-6-16(14(19)20)7-5-8-17(11-16)15(21)18-9-12(2)13(3)10-18/h12-13H,4-11H2,1-3H3,(H,19,20). The van der Waals surface area contributed by atoms with Crippen LogP contribution in [0.4, 0.5) is 4.79 Å². The third kappa shape index (κ3) is 3.16. The summed E-state index contributed by atoms with van der Waals surface area (Å²) < 4.78 is 0. The summed E-state index contributed by atoms with van der Waals surface area (Å²) in [5.74, 6) is 0.308. The van der Waals surface area contributed by atoms with E-state index in [-0.39, 0.29) is 6.03 Å². The Morgan fingerprint density at radius 1 is 1.19 bits per heavy atom. The molecule has 1 N–H and O–H groups in total. The minimum Gasteiger partial charge on any atom is -0.481 e. The molecule has 2 aliphatic heterocycles. The van der Waals surface area contributed by atoms with Gasteiger partial charge in [0.05, 0.1) is 5.41 Å². The summed E-state index contributed by atoms with van der Waals surface area (Å²) in [5.41, 5.74) is -0.736. The number of carbonyl (C=O) groups excluding carboxylic acids is 1. The Kier molecular flexibility index (Phi) is 4.79. The van der Waals surface area contributed by atoms with Gasteiger partial charge in [0, 0.05) is 26.2 Å². The van der Waals surface area contributed by atoms with E-state index in [1.54, 1.807) is 4.90 Å². The second-order valence-electron chi connectivity index (χ2n) is 7.00. The summed E-state index contributed by atoms with van der Waals surface area (Å²) in [6, 6.07) is 0.0348. The van der Waals surface area contributed by atoms with Gasteiger partial charge in [0.1, 0.15) is 0 Å². The van der Waals surface area contributed by atoms with Crippen LogP contribution in [0, 0.1) is 17.3 Å². The molecule has 2 fully saturated rings. The molecular weight excluding hydrogens is 268 g/mol. The van der Waals surface area contributed by atoms with Crippen LogP contribution in [-0.2, 0) is 4.79 Å². The normalized spacial score (nSPS) is 33.3. The number of hydrogen-bond acceptors (Lipinski definition) is 2. The van der Waals surface area contributed by atoms with E-state index in [0.717, 1.165) is 25.9 Å². The number of nitrogens with zero attached hydrogens (tertiary/aromatic N) is 2. The van der Waals surface area contributed by atoms with Gasteiger partial charge in [-0.15, -0.1) is 0 Å². The van der Waals surface area contributed by atoms with Gasteiger partial charge in [0.15, 0.2) is 0 Å². The van der Waals surface area contributed by atoms with Gasteiger partial charge < -0.3 is 14.9 Å². The van der Waals surface area contributed by atoms with E-state index < -0.39 is 11.4 Å². The summed E-state index contributed by atoms with van der Waals surface area (Å²) in [4.78, 5) is 28.1. The highest BCUT2D eigenvalue weighted by molar-refractivity contribution is 5.79. The van der Waals surface area contributed by atoms with Crippen LogP contribution in [0.1, 0.15) is 46.5 Å². The molecule has 0 bridgehead atoms. The molecule has 0 aromatic carbocycles. The van der Waals surface area contributed by atoms with Crippen molar-refractivity contribution in [3.63, 3.8) is 0 Å². The van der Waals surface area contributed by atoms with Crippen LogP contribution >= 0.6 is 0 Å².